The Bertz CT molecular complexity index is 1130. The lowest BCUT2D eigenvalue weighted by Crippen LogP contribution is -2.06. The van der Waals surface area contributed by atoms with Crippen molar-refractivity contribution < 1.29 is 9.26 Å². The second-order valence-corrected chi connectivity index (χ2v) is 8.63. The van der Waals surface area contributed by atoms with Gasteiger partial charge in [0.05, 0.1) is 10.8 Å². The molecule has 0 spiro atoms. The molecule has 0 amide bonds. The van der Waals surface area contributed by atoms with Crippen molar-refractivity contribution in [3.63, 3.8) is 0 Å². The van der Waals surface area contributed by atoms with Crippen LogP contribution in [0.5, 0.6) is 5.75 Å². The minimum atomic E-state index is 0.227. The number of benzene rings is 2. The largest absolute Gasteiger partial charge is 0.484 e. The van der Waals surface area contributed by atoms with E-state index >= 15 is 0 Å². The zero-order valence-electron chi connectivity index (χ0n) is 17.2. The van der Waals surface area contributed by atoms with Crippen LogP contribution in [0.15, 0.2) is 64.3 Å². The normalized spacial score (nSPS) is 11.2. The highest BCUT2D eigenvalue weighted by atomic mass is 35.5. The van der Waals surface area contributed by atoms with Crippen molar-refractivity contribution in [2.75, 3.05) is 0 Å². The van der Waals surface area contributed by atoms with Crippen molar-refractivity contribution in [3.05, 3.63) is 77.2 Å². The van der Waals surface area contributed by atoms with Gasteiger partial charge < -0.3 is 9.26 Å². The van der Waals surface area contributed by atoms with Crippen LogP contribution in [0.3, 0.4) is 0 Å². The summed E-state index contributed by atoms with van der Waals surface area (Å²) >= 11 is 7.69. The fraction of sp³-hybridized carbons (Fsp3) is 0.273. The Morgan fingerprint density at radius 2 is 1.84 bits per heavy atom. The molecular weight excluding hydrogens is 434 g/mol. The van der Waals surface area contributed by atoms with Crippen LogP contribution in [0, 0.1) is 5.92 Å². The van der Waals surface area contributed by atoms with E-state index in [1.165, 1.54) is 11.8 Å². The molecular formula is C22H22ClN5O2S. The van der Waals surface area contributed by atoms with E-state index in [2.05, 4.69) is 34.2 Å². The zero-order chi connectivity index (χ0) is 21.6. The lowest BCUT2D eigenvalue weighted by Gasteiger charge is -2.11. The van der Waals surface area contributed by atoms with E-state index in [1.807, 2.05) is 53.1 Å². The molecule has 0 N–H and O–H groups in total. The lowest BCUT2D eigenvalue weighted by molar-refractivity contribution is 0.293. The highest BCUT2D eigenvalue weighted by molar-refractivity contribution is 7.98. The average Bonchev–Trinajstić information content (AvgIpc) is 3.38. The summed E-state index contributed by atoms with van der Waals surface area (Å²) in [7, 11) is 0. The molecule has 0 saturated heterocycles. The van der Waals surface area contributed by atoms with E-state index in [9.17, 15) is 0 Å². The Morgan fingerprint density at radius 1 is 1.06 bits per heavy atom. The first-order valence-electron chi connectivity index (χ1n) is 9.91. The van der Waals surface area contributed by atoms with E-state index in [0.29, 0.717) is 39.3 Å². The molecule has 0 unspecified atom stereocenters. The van der Waals surface area contributed by atoms with Crippen molar-refractivity contribution in [2.45, 2.75) is 37.8 Å². The monoisotopic (exact) mass is 455 g/mol. The van der Waals surface area contributed by atoms with Gasteiger partial charge >= 0.3 is 0 Å². The predicted octanol–water partition coefficient (Wildman–Crippen LogP) is 5.37. The average molecular weight is 456 g/mol. The Labute approximate surface area is 189 Å². The van der Waals surface area contributed by atoms with Crippen LogP contribution in [0.1, 0.15) is 31.4 Å². The van der Waals surface area contributed by atoms with Crippen LogP contribution >= 0.6 is 23.4 Å². The summed E-state index contributed by atoms with van der Waals surface area (Å²) in [6.07, 6.45) is 0.790. The van der Waals surface area contributed by atoms with Crippen molar-refractivity contribution in [2.24, 2.45) is 5.92 Å². The summed E-state index contributed by atoms with van der Waals surface area (Å²) in [6.45, 7) is 4.48. The van der Waals surface area contributed by atoms with Crippen molar-refractivity contribution in [1.29, 1.82) is 0 Å². The number of rotatable bonds is 9. The molecule has 2 aromatic carbocycles. The molecule has 0 atom stereocenters. The number of ether oxygens (including phenoxy) is 1. The van der Waals surface area contributed by atoms with Crippen LogP contribution in [0.25, 0.3) is 5.69 Å². The van der Waals surface area contributed by atoms with Gasteiger partial charge in [-0.15, -0.1) is 10.2 Å². The van der Waals surface area contributed by atoms with Gasteiger partial charge in [-0.1, -0.05) is 72.7 Å². The van der Waals surface area contributed by atoms with Crippen LogP contribution in [0.4, 0.5) is 0 Å². The summed E-state index contributed by atoms with van der Waals surface area (Å²) in [4.78, 5) is 4.46. The van der Waals surface area contributed by atoms with Crippen molar-refractivity contribution in [3.8, 4) is 11.4 Å². The quantitative estimate of drug-likeness (QED) is 0.314. The maximum Gasteiger partial charge on any atom is 0.237 e. The smallest absolute Gasteiger partial charge is 0.237 e. The topological polar surface area (TPSA) is 78.9 Å². The Morgan fingerprint density at radius 3 is 2.61 bits per heavy atom. The lowest BCUT2D eigenvalue weighted by atomic mass is 10.1. The van der Waals surface area contributed by atoms with E-state index in [1.54, 1.807) is 6.07 Å². The van der Waals surface area contributed by atoms with Gasteiger partial charge in [-0.25, -0.2) is 0 Å². The second-order valence-electron chi connectivity index (χ2n) is 7.28. The highest BCUT2D eigenvalue weighted by Crippen LogP contribution is 2.27. The van der Waals surface area contributed by atoms with Gasteiger partial charge in [0.25, 0.3) is 0 Å². The van der Waals surface area contributed by atoms with Gasteiger partial charge in [0.15, 0.2) is 16.8 Å². The van der Waals surface area contributed by atoms with Crippen LogP contribution in [-0.4, -0.2) is 24.9 Å². The van der Waals surface area contributed by atoms with Gasteiger partial charge in [-0.3, -0.25) is 4.57 Å². The number of hydrogen-bond donors (Lipinski definition) is 0. The molecule has 0 bridgehead atoms. The van der Waals surface area contributed by atoms with Gasteiger partial charge in [0.1, 0.15) is 12.4 Å². The molecule has 0 aliphatic rings. The second kappa shape index (κ2) is 9.98. The van der Waals surface area contributed by atoms with Gasteiger partial charge in [-0.2, -0.15) is 4.98 Å². The van der Waals surface area contributed by atoms with E-state index < -0.39 is 0 Å². The standard InChI is InChI=1S/C22H22ClN5O2S/c1-15(2)12-19-24-21(30-27-19)14-31-22-26-25-20(28(22)16-8-4-3-5-9-16)13-29-18-11-7-6-10-17(18)23/h3-11,15H,12-14H2,1-2H3. The SMILES string of the molecule is CC(C)Cc1noc(CSc2nnc(COc3ccccc3Cl)n2-c2ccccc2)n1. The Balaban J connectivity index is 1.53. The first-order chi connectivity index (χ1) is 15.1. The molecule has 9 heteroatoms. The maximum atomic E-state index is 6.21. The number of para-hydroxylation sites is 2. The van der Waals surface area contributed by atoms with Crippen LogP contribution in [0.2, 0.25) is 5.02 Å². The van der Waals surface area contributed by atoms with E-state index in [0.717, 1.165) is 17.9 Å². The molecule has 0 fully saturated rings. The zero-order valence-corrected chi connectivity index (χ0v) is 18.8. The fourth-order valence-corrected chi connectivity index (χ4v) is 3.95. The van der Waals surface area contributed by atoms with Crippen LogP contribution in [-0.2, 0) is 18.8 Å². The molecule has 0 aliphatic carbocycles. The maximum absolute atomic E-state index is 6.21. The number of aromatic nitrogens is 5. The van der Waals surface area contributed by atoms with Gasteiger partial charge in [0.2, 0.25) is 5.89 Å². The number of hydrogen-bond acceptors (Lipinski definition) is 7. The summed E-state index contributed by atoms with van der Waals surface area (Å²) in [6, 6.07) is 17.3. The molecule has 2 heterocycles. The Hall–Kier alpha value is -2.84. The molecule has 0 aliphatic heterocycles. The van der Waals surface area contributed by atoms with Crippen LogP contribution < -0.4 is 4.74 Å². The third-order valence-electron chi connectivity index (χ3n) is 4.33. The van der Waals surface area contributed by atoms with E-state index in [4.69, 9.17) is 20.9 Å². The molecule has 0 radical (unpaired) electrons. The summed E-state index contributed by atoms with van der Waals surface area (Å²) in [5.74, 6) is 3.53. The van der Waals surface area contributed by atoms with Crippen molar-refractivity contribution >= 4 is 23.4 Å². The molecule has 31 heavy (non-hydrogen) atoms. The third-order valence-corrected chi connectivity index (χ3v) is 5.56. The fourth-order valence-electron chi connectivity index (χ4n) is 2.95. The number of nitrogens with zero attached hydrogens (tertiary/aromatic N) is 5. The van der Waals surface area contributed by atoms with Crippen molar-refractivity contribution in [1.82, 2.24) is 24.9 Å². The molecule has 7 nitrogen and oxygen atoms in total. The highest BCUT2D eigenvalue weighted by Gasteiger charge is 2.17. The first kappa shape index (κ1) is 21.4. The van der Waals surface area contributed by atoms with E-state index in [-0.39, 0.29) is 6.61 Å². The van der Waals surface area contributed by atoms with Gasteiger partial charge in [-0.05, 0) is 30.2 Å². The minimum Gasteiger partial charge on any atom is -0.484 e. The minimum absolute atomic E-state index is 0.227. The third kappa shape index (κ3) is 5.45. The molecule has 2 aromatic heterocycles. The summed E-state index contributed by atoms with van der Waals surface area (Å²) in [5, 5.41) is 14.0. The molecule has 0 saturated carbocycles. The summed E-state index contributed by atoms with van der Waals surface area (Å²) < 4.78 is 13.2. The first-order valence-corrected chi connectivity index (χ1v) is 11.3. The molecule has 160 valence electrons. The number of halogens is 1. The predicted molar refractivity (Wildman–Crippen MR) is 120 cm³/mol. The molecule has 4 rings (SSSR count). The Kier molecular flexibility index (Phi) is 6.89. The van der Waals surface area contributed by atoms with Gasteiger partial charge in [0, 0.05) is 12.1 Å². The molecule has 4 aromatic rings. The summed E-state index contributed by atoms with van der Waals surface area (Å²) in [5.41, 5.74) is 0.943. The number of thioether (sulfide) groups is 1.